The van der Waals surface area contributed by atoms with E-state index in [9.17, 15) is 4.79 Å². The lowest BCUT2D eigenvalue weighted by atomic mass is 10.3. The number of hydrogen-bond acceptors (Lipinski definition) is 3. The molecule has 4 heteroatoms. The minimum Gasteiger partial charge on any atom is -0.450 e. The molecule has 4 nitrogen and oxygen atoms in total. The van der Waals surface area contributed by atoms with Crippen LogP contribution in [0.25, 0.3) is 0 Å². The van der Waals surface area contributed by atoms with E-state index in [0.717, 1.165) is 12.8 Å². The van der Waals surface area contributed by atoms with Crippen molar-refractivity contribution in [2.45, 2.75) is 26.7 Å². The van der Waals surface area contributed by atoms with Crippen molar-refractivity contribution in [3.05, 3.63) is 0 Å². The second kappa shape index (κ2) is 6.91. The third-order valence-corrected chi connectivity index (χ3v) is 1.48. The van der Waals surface area contributed by atoms with Gasteiger partial charge in [0.05, 0.1) is 6.61 Å². The predicted octanol–water partition coefficient (Wildman–Crippen LogP) is 1.19. The average Bonchev–Trinajstić information content (AvgIpc) is 2.06. The van der Waals surface area contributed by atoms with Crippen LogP contribution in [0.4, 0.5) is 4.79 Å². The van der Waals surface area contributed by atoms with E-state index in [0.29, 0.717) is 13.2 Å². The molecule has 0 aliphatic carbocycles. The molecule has 0 heterocycles. The summed E-state index contributed by atoms with van der Waals surface area (Å²) >= 11 is 0. The molecular weight excluding hydrogens is 158 g/mol. The molecule has 12 heavy (non-hydrogen) atoms. The van der Waals surface area contributed by atoms with Crippen LogP contribution < -0.4 is 0 Å². The minimum atomic E-state index is -0.437. The van der Waals surface area contributed by atoms with Gasteiger partial charge in [0.2, 0.25) is 0 Å². The van der Waals surface area contributed by atoms with Crippen LogP contribution >= 0.6 is 0 Å². The Balaban J connectivity index is 3.71. The van der Waals surface area contributed by atoms with Crippen molar-refractivity contribution in [2.75, 3.05) is 19.9 Å². The van der Waals surface area contributed by atoms with E-state index in [1.165, 1.54) is 4.90 Å². The van der Waals surface area contributed by atoms with E-state index in [4.69, 9.17) is 9.84 Å². The highest BCUT2D eigenvalue weighted by Gasteiger charge is 2.11. The molecule has 0 saturated carbocycles. The average molecular weight is 175 g/mol. The van der Waals surface area contributed by atoms with Gasteiger partial charge in [-0.05, 0) is 13.3 Å². The second-order valence-electron chi connectivity index (χ2n) is 2.46. The van der Waals surface area contributed by atoms with Crippen LogP contribution in [-0.4, -0.2) is 36.0 Å². The maximum Gasteiger partial charge on any atom is 0.411 e. The van der Waals surface area contributed by atoms with Gasteiger partial charge in [-0.15, -0.1) is 0 Å². The van der Waals surface area contributed by atoms with E-state index < -0.39 is 6.09 Å². The Bertz CT molecular complexity index is 127. The minimum absolute atomic E-state index is 0.265. The zero-order chi connectivity index (χ0) is 9.40. The summed E-state index contributed by atoms with van der Waals surface area (Å²) in [5.41, 5.74) is 0. The number of rotatable bonds is 5. The molecule has 0 spiro atoms. The Morgan fingerprint density at radius 3 is 2.58 bits per heavy atom. The van der Waals surface area contributed by atoms with Crippen LogP contribution in [0.3, 0.4) is 0 Å². The monoisotopic (exact) mass is 175 g/mol. The zero-order valence-corrected chi connectivity index (χ0v) is 7.75. The Hall–Kier alpha value is -0.770. The lowest BCUT2D eigenvalue weighted by Gasteiger charge is -2.18. The van der Waals surface area contributed by atoms with Crippen molar-refractivity contribution in [2.24, 2.45) is 0 Å². The summed E-state index contributed by atoms with van der Waals surface area (Å²) in [6, 6.07) is 0. The molecule has 0 aromatic heterocycles. The first-order valence-electron chi connectivity index (χ1n) is 4.28. The lowest BCUT2D eigenvalue weighted by molar-refractivity contribution is 0.0645. The molecule has 0 aliphatic rings. The fourth-order valence-corrected chi connectivity index (χ4v) is 0.783. The topological polar surface area (TPSA) is 49.8 Å². The Morgan fingerprint density at radius 1 is 1.50 bits per heavy atom. The molecule has 1 amide bonds. The molecule has 0 aliphatic heterocycles. The molecule has 0 rings (SSSR count). The number of hydrogen-bond donors (Lipinski definition) is 1. The van der Waals surface area contributed by atoms with Crippen molar-refractivity contribution in [1.29, 1.82) is 0 Å². The lowest BCUT2D eigenvalue weighted by Crippen LogP contribution is -2.33. The molecule has 0 saturated heterocycles. The van der Waals surface area contributed by atoms with E-state index in [1.807, 2.05) is 6.92 Å². The Labute approximate surface area is 73.1 Å². The third-order valence-electron chi connectivity index (χ3n) is 1.48. The first-order valence-corrected chi connectivity index (χ1v) is 4.28. The summed E-state index contributed by atoms with van der Waals surface area (Å²) in [4.78, 5) is 12.3. The van der Waals surface area contributed by atoms with Gasteiger partial charge in [-0.3, -0.25) is 4.90 Å². The quantitative estimate of drug-likeness (QED) is 0.638. The highest BCUT2D eigenvalue weighted by atomic mass is 16.6. The summed E-state index contributed by atoms with van der Waals surface area (Å²) in [5, 5.41) is 8.77. The fourth-order valence-electron chi connectivity index (χ4n) is 0.783. The van der Waals surface area contributed by atoms with Crippen LogP contribution in [0.1, 0.15) is 26.7 Å². The van der Waals surface area contributed by atoms with Crippen LogP contribution in [-0.2, 0) is 4.74 Å². The van der Waals surface area contributed by atoms with Gasteiger partial charge in [-0.2, -0.15) is 0 Å². The molecular formula is C8H17NO3. The normalized spacial score (nSPS) is 9.58. The van der Waals surface area contributed by atoms with Crippen LogP contribution in [0.2, 0.25) is 0 Å². The van der Waals surface area contributed by atoms with E-state index in [2.05, 4.69) is 0 Å². The van der Waals surface area contributed by atoms with Crippen LogP contribution in [0.5, 0.6) is 0 Å². The molecule has 0 aromatic rings. The number of nitrogens with zero attached hydrogens (tertiary/aromatic N) is 1. The largest absolute Gasteiger partial charge is 0.450 e. The Morgan fingerprint density at radius 2 is 2.17 bits per heavy atom. The number of ether oxygens (including phenoxy) is 1. The summed E-state index contributed by atoms with van der Waals surface area (Å²) < 4.78 is 4.72. The summed E-state index contributed by atoms with van der Waals surface area (Å²) in [6.45, 7) is 4.42. The molecule has 0 fully saturated rings. The van der Waals surface area contributed by atoms with Crippen LogP contribution in [0.15, 0.2) is 0 Å². The fraction of sp³-hybridized carbons (Fsp3) is 0.875. The molecule has 0 atom stereocenters. The van der Waals surface area contributed by atoms with E-state index >= 15 is 0 Å². The molecule has 1 N–H and O–H groups in total. The van der Waals surface area contributed by atoms with Crippen molar-refractivity contribution < 1.29 is 14.6 Å². The highest BCUT2D eigenvalue weighted by Crippen LogP contribution is 1.96. The van der Waals surface area contributed by atoms with Gasteiger partial charge < -0.3 is 9.84 Å². The van der Waals surface area contributed by atoms with Gasteiger partial charge in [0.1, 0.15) is 6.73 Å². The highest BCUT2D eigenvalue weighted by molar-refractivity contribution is 5.67. The van der Waals surface area contributed by atoms with Gasteiger partial charge >= 0.3 is 6.09 Å². The number of amides is 1. The number of aliphatic hydroxyl groups excluding tert-OH is 1. The number of carbonyl (C=O) groups excluding carboxylic acids is 1. The predicted molar refractivity (Wildman–Crippen MR) is 45.7 cm³/mol. The molecule has 72 valence electrons. The standard InChI is InChI=1S/C8H17NO3/c1-3-5-6-9(7-10)8(11)12-4-2/h10H,3-7H2,1-2H3. The van der Waals surface area contributed by atoms with Crippen molar-refractivity contribution >= 4 is 6.09 Å². The summed E-state index contributed by atoms with van der Waals surface area (Å²) in [7, 11) is 0. The van der Waals surface area contributed by atoms with Gasteiger partial charge in [0.15, 0.2) is 0 Å². The van der Waals surface area contributed by atoms with Crippen molar-refractivity contribution in [1.82, 2.24) is 4.90 Å². The number of carbonyl (C=O) groups is 1. The molecule has 0 radical (unpaired) electrons. The molecule has 0 bridgehead atoms. The smallest absolute Gasteiger partial charge is 0.411 e. The van der Waals surface area contributed by atoms with E-state index in [-0.39, 0.29) is 6.73 Å². The van der Waals surface area contributed by atoms with E-state index in [1.54, 1.807) is 6.92 Å². The first-order chi connectivity index (χ1) is 5.76. The van der Waals surface area contributed by atoms with Crippen molar-refractivity contribution in [3.8, 4) is 0 Å². The SMILES string of the molecule is CCCCN(CO)C(=O)OCC. The first kappa shape index (κ1) is 11.2. The number of aliphatic hydroxyl groups is 1. The Kier molecular flexibility index (Phi) is 6.47. The second-order valence-corrected chi connectivity index (χ2v) is 2.46. The zero-order valence-electron chi connectivity index (χ0n) is 7.75. The van der Waals surface area contributed by atoms with Gasteiger partial charge in [-0.25, -0.2) is 4.79 Å². The van der Waals surface area contributed by atoms with Gasteiger partial charge in [0.25, 0.3) is 0 Å². The van der Waals surface area contributed by atoms with Crippen LogP contribution in [0, 0.1) is 0 Å². The number of unbranched alkanes of at least 4 members (excludes halogenated alkanes) is 1. The maximum atomic E-state index is 11.0. The third kappa shape index (κ3) is 4.18. The molecule has 0 unspecified atom stereocenters. The van der Waals surface area contributed by atoms with Gasteiger partial charge in [0, 0.05) is 6.54 Å². The van der Waals surface area contributed by atoms with Crippen molar-refractivity contribution in [3.63, 3.8) is 0 Å². The summed E-state index contributed by atoms with van der Waals surface area (Å²) in [5.74, 6) is 0. The van der Waals surface area contributed by atoms with Gasteiger partial charge in [-0.1, -0.05) is 13.3 Å². The maximum absolute atomic E-state index is 11.0. The summed E-state index contributed by atoms with van der Waals surface area (Å²) in [6.07, 6.45) is 1.45. The molecule has 0 aromatic carbocycles.